The van der Waals surface area contributed by atoms with Crippen LogP contribution in [0.5, 0.6) is 0 Å². The van der Waals surface area contributed by atoms with Crippen molar-refractivity contribution in [1.82, 2.24) is 20.6 Å². The molecule has 6 nitrogen and oxygen atoms in total. The summed E-state index contributed by atoms with van der Waals surface area (Å²) in [5, 5.41) is 7.54. The van der Waals surface area contributed by atoms with Gasteiger partial charge in [-0.3, -0.25) is 9.59 Å². The van der Waals surface area contributed by atoms with Crippen LogP contribution in [0.25, 0.3) is 0 Å². The highest BCUT2D eigenvalue weighted by Crippen LogP contribution is 2.10. The molecule has 0 aliphatic carbocycles. The smallest absolute Gasteiger partial charge is 0.261 e. The quantitative estimate of drug-likeness (QED) is 0.690. The minimum Gasteiger partial charge on any atom is -0.354 e. The second kappa shape index (κ2) is 8.47. The van der Waals surface area contributed by atoms with E-state index in [-0.39, 0.29) is 11.8 Å². The maximum Gasteiger partial charge on any atom is 0.261 e. The van der Waals surface area contributed by atoms with Crippen LogP contribution in [0.2, 0.25) is 0 Å². The van der Waals surface area contributed by atoms with Gasteiger partial charge in [-0.05, 0) is 23.8 Å². The summed E-state index contributed by atoms with van der Waals surface area (Å²) in [6, 6.07) is 3.04. The van der Waals surface area contributed by atoms with Crippen LogP contribution in [-0.4, -0.2) is 34.4 Å². The summed E-state index contributed by atoms with van der Waals surface area (Å²) >= 11 is 1.36. The van der Waals surface area contributed by atoms with Crippen molar-refractivity contribution in [3.8, 4) is 0 Å². The zero-order chi connectivity index (χ0) is 16.7. The van der Waals surface area contributed by atoms with Gasteiger partial charge in [0.25, 0.3) is 5.91 Å². The van der Waals surface area contributed by atoms with Crippen molar-refractivity contribution in [3.63, 3.8) is 0 Å². The maximum atomic E-state index is 12.4. The van der Waals surface area contributed by atoms with E-state index in [1.165, 1.54) is 11.3 Å². The number of nitrogens with one attached hydrogen (secondary N) is 3. The Kier molecular flexibility index (Phi) is 6.34. The van der Waals surface area contributed by atoms with Crippen LogP contribution in [0, 0.1) is 5.92 Å². The van der Waals surface area contributed by atoms with E-state index >= 15 is 0 Å². The summed E-state index contributed by atoms with van der Waals surface area (Å²) in [6.45, 7) is 4.54. The molecule has 124 valence electrons. The van der Waals surface area contributed by atoms with Crippen LogP contribution < -0.4 is 10.6 Å². The van der Waals surface area contributed by atoms with Crippen LogP contribution >= 0.6 is 11.3 Å². The Bertz CT molecular complexity index is 608. The van der Waals surface area contributed by atoms with Gasteiger partial charge in [-0.2, -0.15) is 0 Å². The molecule has 7 heteroatoms. The molecular formula is C16H22N4O2S. The lowest BCUT2D eigenvalue weighted by Crippen LogP contribution is -2.47. The summed E-state index contributed by atoms with van der Waals surface area (Å²) in [4.78, 5) is 32.2. The predicted octanol–water partition coefficient (Wildman–Crippen LogP) is 1.97. The topological polar surface area (TPSA) is 86.9 Å². The number of aromatic amines is 1. The Hall–Kier alpha value is -2.15. The monoisotopic (exact) mass is 334 g/mol. The zero-order valence-corrected chi connectivity index (χ0v) is 14.2. The minimum absolute atomic E-state index is 0.157. The third kappa shape index (κ3) is 5.52. The number of imidazole rings is 1. The SMILES string of the molecule is CC(C)CC(NC(=O)c1cccs1)C(=O)NCCc1ncc[nH]1. The predicted molar refractivity (Wildman–Crippen MR) is 90.3 cm³/mol. The Balaban J connectivity index is 1.88. The van der Waals surface area contributed by atoms with E-state index in [9.17, 15) is 9.59 Å². The molecule has 23 heavy (non-hydrogen) atoms. The zero-order valence-electron chi connectivity index (χ0n) is 13.3. The lowest BCUT2D eigenvalue weighted by atomic mass is 10.0. The number of carbonyl (C=O) groups is 2. The first-order valence-corrected chi connectivity index (χ1v) is 8.54. The van der Waals surface area contributed by atoms with Gasteiger partial charge in [0.2, 0.25) is 5.91 Å². The third-order valence-electron chi connectivity index (χ3n) is 3.29. The van der Waals surface area contributed by atoms with Crippen LogP contribution in [0.1, 0.15) is 35.8 Å². The van der Waals surface area contributed by atoms with Gasteiger partial charge in [0.1, 0.15) is 11.9 Å². The molecule has 2 rings (SSSR count). The fourth-order valence-electron chi connectivity index (χ4n) is 2.20. The minimum atomic E-state index is -0.527. The van der Waals surface area contributed by atoms with Crippen LogP contribution in [0.3, 0.4) is 0 Å². The van der Waals surface area contributed by atoms with Crippen LogP contribution in [0.4, 0.5) is 0 Å². The Morgan fingerprint density at radius 3 is 2.83 bits per heavy atom. The average Bonchev–Trinajstić information content (AvgIpc) is 3.19. The molecule has 0 saturated heterocycles. The van der Waals surface area contributed by atoms with E-state index < -0.39 is 6.04 Å². The van der Waals surface area contributed by atoms with E-state index in [0.717, 1.165) is 5.82 Å². The van der Waals surface area contributed by atoms with Crippen LogP contribution in [-0.2, 0) is 11.2 Å². The fraction of sp³-hybridized carbons (Fsp3) is 0.438. The molecule has 2 aromatic heterocycles. The number of hydrogen-bond donors (Lipinski definition) is 3. The van der Waals surface area contributed by atoms with Gasteiger partial charge < -0.3 is 15.6 Å². The van der Waals surface area contributed by atoms with Gasteiger partial charge in [-0.25, -0.2) is 4.98 Å². The van der Waals surface area contributed by atoms with Gasteiger partial charge in [-0.15, -0.1) is 11.3 Å². The van der Waals surface area contributed by atoms with Crippen molar-refractivity contribution in [2.24, 2.45) is 5.92 Å². The van der Waals surface area contributed by atoms with Gasteiger partial charge in [-0.1, -0.05) is 19.9 Å². The lowest BCUT2D eigenvalue weighted by molar-refractivity contribution is -0.123. The van der Waals surface area contributed by atoms with Gasteiger partial charge >= 0.3 is 0 Å². The van der Waals surface area contributed by atoms with Gasteiger partial charge in [0.05, 0.1) is 4.88 Å². The molecule has 2 amide bonds. The summed E-state index contributed by atoms with van der Waals surface area (Å²) in [5.74, 6) is 0.773. The molecule has 0 radical (unpaired) electrons. The van der Waals surface area contributed by atoms with Gasteiger partial charge in [0, 0.05) is 25.4 Å². The Labute approximate surface area is 139 Å². The average molecular weight is 334 g/mol. The highest BCUT2D eigenvalue weighted by Gasteiger charge is 2.22. The molecule has 0 saturated carbocycles. The molecule has 0 spiro atoms. The summed E-state index contributed by atoms with van der Waals surface area (Å²) in [6.07, 6.45) is 4.66. The molecule has 0 aliphatic rings. The molecule has 1 unspecified atom stereocenters. The number of nitrogens with zero attached hydrogens (tertiary/aromatic N) is 1. The standard InChI is InChI=1S/C16H22N4O2S/c1-11(2)10-12(20-16(22)13-4-3-9-23-13)15(21)19-6-5-14-17-7-8-18-14/h3-4,7-9,11-12H,5-6,10H2,1-2H3,(H,17,18)(H,19,21)(H,20,22). The summed E-state index contributed by atoms with van der Waals surface area (Å²) in [5.41, 5.74) is 0. The lowest BCUT2D eigenvalue weighted by Gasteiger charge is -2.19. The van der Waals surface area contributed by atoms with E-state index in [1.807, 2.05) is 25.3 Å². The van der Waals surface area contributed by atoms with E-state index in [1.54, 1.807) is 18.5 Å². The number of H-pyrrole nitrogens is 1. The molecule has 2 heterocycles. The van der Waals surface area contributed by atoms with Crippen LogP contribution in [0.15, 0.2) is 29.9 Å². The number of amides is 2. The molecule has 0 fully saturated rings. The molecule has 3 N–H and O–H groups in total. The van der Waals surface area contributed by atoms with Crippen molar-refractivity contribution in [2.75, 3.05) is 6.54 Å². The van der Waals surface area contributed by atoms with Crippen molar-refractivity contribution >= 4 is 23.2 Å². The fourth-order valence-corrected chi connectivity index (χ4v) is 2.83. The van der Waals surface area contributed by atoms with Crippen molar-refractivity contribution < 1.29 is 9.59 Å². The highest BCUT2D eigenvalue weighted by atomic mass is 32.1. The summed E-state index contributed by atoms with van der Waals surface area (Å²) in [7, 11) is 0. The Morgan fingerprint density at radius 2 is 2.22 bits per heavy atom. The van der Waals surface area contributed by atoms with Crippen molar-refractivity contribution in [2.45, 2.75) is 32.7 Å². The molecular weight excluding hydrogens is 312 g/mol. The number of carbonyl (C=O) groups excluding carboxylic acids is 2. The van der Waals surface area contributed by atoms with E-state index in [2.05, 4.69) is 20.6 Å². The van der Waals surface area contributed by atoms with Gasteiger partial charge in [0.15, 0.2) is 0 Å². The molecule has 2 aromatic rings. The first kappa shape index (κ1) is 17.2. The highest BCUT2D eigenvalue weighted by molar-refractivity contribution is 7.12. The second-order valence-electron chi connectivity index (χ2n) is 5.71. The van der Waals surface area contributed by atoms with E-state index in [0.29, 0.717) is 30.2 Å². The number of thiophene rings is 1. The second-order valence-corrected chi connectivity index (χ2v) is 6.66. The Morgan fingerprint density at radius 1 is 1.39 bits per heavy atom. The first-order valence-electron chi connectivity index (χ1n) is 7.66. The largest absolute Gasteiger partial charge is 0.354 e. The molecule has 0 aliphatic heterocycles. The number of hydrogen-bond acceptors (Lipinski definition) is 4. The maximum absolute atomic E-state index is 12.4. The first-order chi connectivity index (χ1) is 11.1. The molecule has 0 aromatic carbocycles. The number of rotatable bonds is 8. The normalized spacial score (nSPS) is 12.1. The van der Waals surface area contributed by atoms with Crippen molar-refractivity contribution in [3.05, 3.63) is 40.6 Å². The summed E-state index contributed by atoms with van der Waals surface area (Å²) < 4.78 is 0. The van der Waals surface area contributed by atoms with E-state index in [4.69, 9.17) is 0 Å². The van der Waals surface area contributed by atoms with Crippen molar-refractivity contribution in [1.29, 1.82) is 0 Å². The molecule has 1 atom stereocenters. The third-order valence-corrected chi connectivity index (χ3v) is 4.16. The molecule has 0 bridgehead atoms. The number of aromatic nitrogens is 2.